The highest BCUT2D eigenvalue weighted by atomic mass is 16.5. The molecule has 0 bridgehead atoms. The molecule has 1 atom stereocenters. The standard InChI is InChI=1S/C15H15N3O5/c16-15(22)23-7-9-3-1-2-8-6-18(14(21)12(8)9)10-4-5-11(19)17-13(10)20/h1-3,10H,4-7H2,(H2,16,22)(H,17,19,20). The zero-order chi connectivity index (χ0) is 16.6. The Bertz CT molecular complexity index is 715. The van der Waals surface area contributed by atoms with Crippen LogP contribution in [0.2, 0.25) is 0 Å². The summed E-state index contributed by atoms with van der Waals surface area (Å²) >= 11 is 0. The molecule has 0 saturated carbocycles. The Hall–Kier alpha value is -2.90. The van der Waals surface area contributed by atoms with Crippen LogP contribution in [0, 0.1) is 0 Å². The molecule has 3 rings (SSSR count). The molecule has 0 radical (unpaired) electrons. The number of imide groups is 1. The lowest BCUT2D eigenvalue weighted by Crippen LogP contribution is -2.52. The maximum atomic E-state index is 12.7. The lowest BCUT2D eigenvalue weighted by molar-refractivity contribution is -0.136. The van der Waals surface area contributed by atoms with Crippen molar-refractivity contribution in [3.05, 3.63) is 34.9 Å². The minimum absolute atomic E-state index is 0.104. The summed E-state index contributed by atoms with van der Waals surface area (Å²) in [5, 5.41) is 2.25. The SMILES string of the molecule is NC(=O)OCc1cccc2c1C(=O)N(C1CCC(=O)NC1=O)C2. The summed E-state index contributed by atoms with van der Waals surface area (Å²) in [6.45, 7) is 0.179. The number of carbonyl (C=O) groups excluding carboxylic acids is 4. The Labute approximate surface area is 131 Å². The second kappa shape index (κ2) is 5.71. The van der Waals surface area contributed by atoms with Gasteiger partial charge in [-0.1, -0.05) is 18.2 Å². The van der Waals surface area contributed by atoms with Crippen LogP contribution < -0.4 is 11.1 Å². The first-order chi connectivity index (χ1) is 11.0. The fourth-order valence-corrected chi connectivity index (χ4v) is 2.96. The smallest absolute Gasteiger partial charge is 0.404 e. The Morgan fingerprint density at radius 3 is 2.83 bits per heavy atom. The summed E-state index contributed by atoms with van der Waals surface area (Å²) in [6.07, 6.45) is -0.416. The first kappa shape index (κ1) is 15.0. The van der Waals surface area contributed by atoms with Crippen LogP contribution in [0.1, 0.15) is 34.3 Å². The summed E-state index contributed by atoms with van der Waals surface area (Å²) in [7, 11) is 0. The molecule has 2 aliphatic heterocycles. The van der Waals surface area contributed by atoms with Gasteiger partial charge in [0, 0.05) is 18.5 Å². The minimum atomic E-state index is -0.921. The van der Waals surface area contributed by atoms with E-state index in [0.717, 1.165) is 5.56 Å². The number of nitrogens with one attached hydrogen (secondary N) is 1. The molecular formula is C15H15N3O5. The molecule has 2 aliphatic rings. The summed E-state index contributed by atoms with van der Waals surface area (Å²) in [5.41, 5.74) is 6.68. The van der Waals surface area contributed by atoms with Crippen LogP contribution in [0.5, 0.6) is 0 Å². The Kier molecular flexibility index (Phi) is 3.73. The second-order valence-electron chi connectivity index (χ2n) is 5.46. The summed E-state index contributed by atoms with van der Waals surface area (Å²) < 4.78 is 4.76. The van der Waals surface area contributed by atoms with Gasteiger partial charge in [0.1, 0.15) is 12.6 Å². The monoisotopic (exact) mass is 317 g/mol. The van der Waals surface area contributed by atoms with Crippen molar-refractivity contribution in [2.24, 2.45) is 5.73 Å². The maximum Gasteiger partial charge on any atom is 0.404 e. The van der Waals surface area contributed by atoms with Gasteiger partial charge >= 0.3 is 6.09 Å². The zero-order valence-electron chi connectivity index (χ0n) is 12.2. The van der Waals surface area contributed by atoms with Crippen LogP contribution in [0.25, 0.3) is 0 Å². The lowest BCUT2D eigenvalue weighted by atomic mass is 10.0. The number of rotatable bonds is 3. The van der Waals surface area contributed by atoms with E-state index < -0.39 is 18.0 Å². The average molecular weight is 317 g/mol. The van der Waals surface area contributed by atoms with E-state index in [-0.39, 0.29) is 31.4 Å². The summed E-state index contributed by atoms with van der Waals surface area (Å²) in [5.74, 6) is -1.10. The molecule has 1 aromatic rings. The molecule has 23 heavy (non-hydrogen) atoms. The highest BCUT2D eigenvalue weighted by molar-refractivity contribution is 6.05. The fourth-order valence-electron chi connectivity index (χ4n) is 2.96. The van der Waals surface area contributed by atoms with Gasteiger partial charge < -0.3 is 15.4 Å². The maximum absolute atomic E-state index is 12.7. The van der Waals surface area contributed by atoms with Gasteiger partial charge in [-0.2, -0.15) is 0 Å². The van der Waals surface area contributed by atoms with Crippen molar-refractivity contribution in [3.8, 4) is 0 Å². The number of hydrogen-bond acceptors (Lipinski definition) is 5. The molecule has 120 valence electrons. The molecule has 2 heterocycles. The Morgan fingerprint density at radius 1 is 1.35 bits per heavy atom. The van der Waals surface area contributed by atoms with Crippen molar-refractivity contribution in [1.82, 2.24) is 10.2 Å². The van der Waals surface area contributed by atoms with Crippen LogP contribution in [0.3, 0.4) is 0 Å². The van der Waals surface area contributed by atoms with Crippen molar-refractivity contribution in [2.45, 2.75) is 32.0 Å². The molecule has 8 nitrogen and oxygen atoms in total. The first-order valence-electron chi connectivity index (χ1n) is 7.15. The number of amides is 4. The van der Waals surface area contributed by atoms with Gasteiger partial charge in [-0.05, 0) is 12.0 Å². The fraction of sp³-hybridized carbons (Fsp3) is 0.333. The van der Waals surface area contributed by atoms with E-state index in [1.807, 2.05) is 0 Å². The summed E-state index contributed by atoms with van der Waals surface area (Å²) in [4.78, 5) is 48.1. The third kappa shape index (κ3) is 2.75. The molecular weight excluding hydrogens is 302 g/mol. The number of nitrogens with two attached hydrogens (primary N) is 1. The molecule has 1 unspecified atom stereocenters. The Balaban J connectivity index is 1.84. The van der Waals surface area contributed by atoms with Crippen molar-refractivity contribution < 1.29 is 23.9 Å². The molecule has 0 aromatic heterocycles. The van der Waals surface area contributed by atoms with Gasteiger partial charge in [-0.25, -0.2) is 4.79 Å². The average Bonchev–Trinajstić information content (AvgIpc) is 2.83. The van der Waals surface area contributed by atoms with Gasteiger partial charge in [-0.3, -0.25) is 19.7 Å². The third-order valence-corrected chi connectivity index (χ3v) is 4.01. The number of carbonyl (C=O) groups is 4. The minimum Gasteiger partial charge on any atom is -0.445 e. The number of piperidine rings is 1. The lowest BCUT2D eigenvalue weighted by Gasteiger charge is -2.29. The van der Waals surface area contributed by atoms with Crippen molar-refractivity contribution >= 4 is 23.8 Å². The van der Waals surface area contributed by atoms with Gasteiger partial charge in [0.05, 0.1) is 5.56 Å². The Morgan fingerprint density at radius 2 is 2.13 bits per heavy atom. The highest BCUT2D eigenvalue weighted by Gasteiger charge is 2.39. The predicted octanol–water partition coefficient (Wildman–Crippen LogP) is 0.0429. The van der Waals surface area contributed by atoms with E-state index in [1.165, 1.54) is 4.90 Å². The largest absolute Gasteiger partial charge is 0.445 e. The third-order valence-electron chi connectivity index (χ3n) is 4.01. The number of hydrogen-bond donors (Lipinski definition) is 2. The van der Waals surface area contributed by atoms with E-state index in [9.17, 15) is 19.2 Å². The molecule has 0 spiro atoms. The van der Waals surface area contributed by atoms with Gasteiger partial charge in [0.25, 0.3) is 5.91 Å². The van der Waals surface area contributed by atoms with E-state index in [0.29, 0.717) is 17.5 Å². The van der Waals surface area contributed by atoms with Crippen molar-refractivity contribution in [3.63, 3.8) is 0 Å². The zero-order valence-corrected chi connectivity index (χ0v) is 12.2. The predicted molar refractivity (Wildman–Crippen MR) is 76.9 cm³/mol. The van der Waals surface area contributed by atoms with E-state index in [4.69, 9.17) is 10.5 Å². The van der Waals surface area contributed by atoms with E-state index >= 15 is 0 Å². The van der Waals surface area contributed by atoms with Crippen LogP contribution >= 0.6 is 0 Å². The van der Waals surface area contributed by atoms with Crippen LogP contribution in [0.4, 0.5) is 4.79 Å². The van der Waals surface area contributed by atoms with Gasteiger partial charge in [0.15, 0.2) is 0 Å². The molecule has 1 fully saturated rings. The van der Waals surface area contributed by atoms with E-state index in [1.54, 1.807) is 18.2 Å². The topological polar surface area (TPSA) is 119 Å². The van der Waals surface area contributed by atoms with E-state index in [2.05, 4.69) is 5.32 Å². The molecule has 0 aliphatic carbocycles. The second-order valence-corrected chi connectivity index (χ2v) is 5.46. The number of nitrogens with zero attached hydrogens (tertiary/aromatic N) is 1. The van der Waals surface area contributed by atoms with Gasteiger partial charge in [0.2, 0.25) is 11.8 Å². The van der Waals surface area contributed by atoms with Crippen LogP contribution in [-0.4, -0.2) is 34.8 Å². The number of primary amides is 1. The number of fused-ring (bicyclic) bond motifs is 1. The molecule has 3 N–H and O–H groups in total. The quantitative estimate of drug-likeness (QED) is 0.763. The van der Waals surface area contributed by atoms with Crippen molar-refractivity contribution in [1.29, 1.82) is 0 Å². The van der Waals surface area contributed by atoms with Gasteiger partial charge in [-0.15, -0.1) is 0 Å². The van der Waals surface area contributed by atoms with Crippen LogP contribution in [-0.2, 0) is 27.5 Å². The highest BCUT2D eigenvalue weighted by Crippen LogP contribution is 2.30. The molecule has 1 saturated heterocycles. The van der Waals surface area contributed by atoms with Crippen molar-refractivity contribution in [2.75, 3.05) is 0 Å². The molecule has 1 aromatic carbocycles. The molecule has 4 amide bonds. The number of ether oxygens (including phenoxy) is 1. The number of benzene rings is 1. The summed E-state index contributed by atoms with van der Waals surface area (Å²) in [6, 6.07) is 4.54. The molecule has 8 heteroatoms. The van der Waals surface area contributed by atoms with Crippen LogP contribution in [0.15, 0.2) is 18.2 Å². The normalized spacial score (nSPS) is 20.3. The first-order valence-corrected chi connectivity index (χ1v) is 7.15.